The van der Waals surface area contributed by atoms with E-state index in [4.69, 9.17) is 15.9 Å². The van der Waals surface area contributed by atoms with Gasteiger partial charge >= 0.3 is 11.9 Å². The van der Waals surface area contributed by atoms with Crippen LogP contribution in [-0.4, -0.2) is 52.5 Å². The highest BCUT2D eigenvalue weighted by molar-refractivity contribution is 7.92. The van der Waals surface area contributed by atoms with Crippen LogP contribution in [0.25, 0.3) is 10.9 Å². The molecule has 0 radical (unpaired) electrons. The first-order valence-electron chi connectivity index (χ1n) is 9.75. The number of H-pyrrole nitrogens is 1. The number of aromatic amines is 1. The summed E-state index contributed by atoms with van der Waals surface area (Å²) in [6, 6.07) is 4.62. The molecule has 35 heavy (non-hydrogen) atoms. The zero-order valence-corrected chi connectivity index (χ0v) is 18.4. The van der Waals surface area contributed by atoms with Crippen molar-refractivity contribution in [1.29, 1.82) is 0 Å². The average molecular weight is 507 g/mol. The Balaban J connectivity index is 1.81. The number of sulfonamides is 1. The van der Waals surface area contributed by atoms with Crippen molar-refractivity contribution in [3.05, 3.63) is 58.1 Å². The standard InChI is InChI=1S/C20H18FN5O8S/c21-13-7-9(1-3-11(13)17(29)23-15(19(31)32)5-6-16(27)28)26-35(33,34)10-2-4-14-12(8-10)18(30)25-20(22)24-14/h1-4,7-8,15,26H,5-6H2,(H,23,29)(H,27,28)(H,31,32)(H3,22,24,25,30)/t15-/m0/s1. The van der Waals surface area contributed by atoms with Gasteiger partial charge in [0.25, 0.3) is 21.5 Å². The van der Waals surface area contributed by atoms with Crippen LogP contribution in [0.4, 0.5) is 16.0 Å². The zero-order valence-electron chi connectivity index (χ0n) is 17.6. The number of aliphatic carboxylic acids is 2. The maximum Gasteiger partial charge on any atom is 0.326 e. The van der Waals surface area contributed by atoms with Gasteiger partial charge in [-0.1, -0.05) is 0 Å². The molecule has 184 valence electrons. The van der Waals surface area contributed by atoms with Gasteiger partial charge in [-0.2, -0.15) is 0 Å². The van der Waals surface area contributed by atoms with Crippen LogP contribution >= 0.6 is 0 Å². The number of halogens is 1. The number of nitrogens with two attached hydrogens (primary N) is 1. The average Bonchev–Trinajstić information content (AvgIpc) is 2.75. The summed E-state index contributed by atoms with van der Waals surface area (Å²) in [6.45, 7) is 0. The van der Waals surface area contributed by atoms with E-state index in [-0.39, 0.29) is 27.4 Å². The van der Waals surface area contributed by atoms with Gasteiger partial charge < -0.3 is 21.3 Å². The van der Waals surface area contributed by atoms with Gasteiger partial charge in [0.15, 0.2) is 0 Å². The lowest BCUT2D eigenvalue weighted by molar-refractivity contribution is -0.140. The first-order chi connectivity index (χ1) is 16.4. The molecule has 1 atom stereocenters. The van der Waals surface area contributed by atoms with Crippen LogP contribution in [0.3, 0.4) is 0 Å². The van der Waals surface area contributed by atoms with E-state index in [0.29, 0.717) is 6.07 Å². The van der Waals surface area contributed by atoms with Crippen molar-refractivity contribution < 1.29 is 37.4 Å². The number of hydrogen-bond donors (Lipinski definition) is 6. The number of fused-ring (bicyclic) bond motifs is 1. The minimum Gasteiger partial charge on any atom is -0.481 e. The Hall–Kier alpha value is -4.53. The lowest BCUT2D eigenvalue weighted by Crippen LogP contribution is -2.41. The summed E-state index contributed by atoms with van der Waals surface area (Å²) < 4.78 is 42.1. The van der Waals surface area contributed by atoms with E-state index >= 15 is 0 Å². The Morgan fingerprint density at radius 1 is 1.14 bits per heavy atom. The smallest absolute Gasteiger partial charge is 0.326 e. The topological polar surface area (TPSA) is 222 Å². The van der Waals surface area contributed by atoms with Gasteiger partial charge in [0.05, 0.1) is 27.0 Å². The molecule has 0 aliphatic rings. The Morgan fingerprint density at radius 3 is 2.49 bits per heavy atom. The van der Waals surface area contributed by atoms with E-state index in [9.17, 15) is 32.0 Å². The van der Waals surface area contributed by atoms with Gasteiger partial charge in [-0.3, -0.25) is 24.1 Å². The number of benzene rings is 2. The van der Waals surface area contributed by atoms with Gasteiger partial charge in [-0.15, -0.1) is 0 Å². The first kappa shape index (κ1) is 25.1. The molecule has 0 aliphatic heterocycles. The lowest BCUT2D eigenvalue weighted by Gasteiger charge is -2.14. The van der Waals surface area contributed by atoms with Crippen molar-refractivity contribution >= 4 is 50.4 Å². The van der Waals surface area contributed by atoms with E-state index in [2.05, 4.69) is 14.7 Å². The molecule has 0 aliphatic carbocycles. The molecule has 0 saturated heterocycles. The third-order valence-corrected chi connectivity index (χ3v) is 6.10. The number of rotatable bonds is 9. The molecule has 7 N–H and O–H groups in total. The van der Waals surface area contributed by atoms with Gasteiger partial charge in [-0.25, -0.2) is 22.6 Å². The third-order valence-electron chi connectivity index (χ3n) is 4.72. The van der Waals surface area contributed by atoms with Crippen molar-refractivity contribution in [2.75, 3.05) is 10.5 Å². The van der Waals surface area contributed by atoms with Gasteiger partial charge in [0, 0.05) is 6.42 Å². The Morgan fingerprint density at radius 2 is 1.86 bits per heavy atom. The van der Waals surface area contributed by atoms with E-state index in [1.807, 2.05) is 5.32 Å². The molecule has 1 amide bonds. The highest BCUT2D eigenvalue weighted by Gasteiger charge is 2.24. The number of aromatic nitrogens is 2. The summed E-state index contributed by atoms with van der Waals surface area (Å²) in [5.41, 5.74) is 4.11. The summed E-state index contributed by atoms with van der Waals surface area (Å²) in [6.07, 6.45) is -0.961. The number of carbonyl (C=O) groups is 3. The summed E-state index contributed by atoms with van der Waals surface area (Å²) in [7, 11) is -4.29. The quantitative estimate of drug-likeness (QED) is 0.235. The van der Waals surface area contributed by atoms with Crippen molar-refractivity contribution in [2.24, 2.45) is 0 Å². The van der Waals surface area contributed by atoms with E-state index < -0.39 is 63.7 Å². The van der Waals surface area contributed by atoms with Crippen molar-refractivity contribution in [1.82, 2.24) is 15.3 Å². The molecule has 15 heteroatoms. The van der Waals surface area contributed by atoms with Crippen LogP contribution in [0.15, 0.2) is 46.1 Å². The lowest BCUT2D eigenvalue weighted by atomic mass is 10.1. The largest absolute Gasteiger partial charge is 0.481 e. The SMILES string of the molecule is Nc1nc2ccc(S(=O)(=O)Nc3ccc(C(=O)N[C@@H](CCC(=O)O)C(=O)O)c(F)c3)cc2c(=O)[nH]1. The van der Waals surface area contributed by atoms with Crippen LogP contribution < -0.4 is 21.3 Å². The molecule has 0 unspecified atom stereocenters. The molecule has 1 heterocycles. The van der Waals surface area contributed by atoms with Crippen molar-refractivity contribution in [2.45, 2.75) is 23.8 Å². The second kappa shape index (κ2) is 9.76. The molecule has 1 aromatic heterocycles. The Kier molecular flexibility index (Phi) is 7.00. The minimum absolute atomic E-state index is 0.0452. The van der Waals surface area contributed by atoms with E-state index in [1.54, 1.807) is 0 Å². The molecule has 0 fully saturated rings. The van der Waals surface area contributed by atoms with Crippen molar-refractivity contribution in [3.8, 4) is 0 Å². The van der Waals surface area contributed by atoms with E-state index in [0.717, 1.165) is 24.3 Å². The zero-order chi connectivity index (χ0) is 25.9. The predicted molar refractivity (Wildman–Crippen MR) is 120 cm³/mol. The fourth-order valence-electron chi connectivity index (χ4n) is 3.04. The number of nitrogens with zero attached hydrogens (tertiary/aromatic N) is 1. The van der Waals surface area contributed by atoms with Crippen LogP contribution in [0, 0.1) is 5.82 Å². The molecule has 0 bridgehead atoms. The molecule has 0 spiro atoms. The number of carbonyl (C=O) groups excluding carboxylic acids is 1. The van der Waals surface area contributed by atoms with E-state index in [1.165, 1.54) is 6.07 Å². The normalized spacial score (nSPS) is 12.1. The maximum atomic E-state index is 14.5. The number of anilines is 2. The molecule has 2 aromatic carbocycles. The number of hydrogen-bond acceptors (Lipinski definition) is 8. The second-order valence-corrected chi connectivity index (χ2v) is 8.91. The summed E-state index contributed by atoms with van der Waals surface area (Å²) >= 11 is 0. The van der Waals surface area contributed by atoms with Crippen LogP contribution in [0.1, 0.15) is 23.2 Å². The number of carboxylic acid groups (broad SMARTS) is 2. The monoisotopic (exact) mass is 507 g/mol. The third kappa shape index (κ3) is 5.89. The fraction of sp³-hybridized carbons (Fsp3) is 0.150. The van der Waals surface area contributed by atoms with Crippen LogP contribution in [0.5, 0.6) is 0 Å². The fourth-order valence-corrected chi connectivity index (χ4v) is 4.12. The van der Waals surface area contributed by atoms with Crippen molar-refractivity contribution in [3.63, 3.8) is 0 Å². The Bertz CT molecular complexity index is 1510. The maximum absolute atomic E-state index is 14.5. The summed E-state index contributed by atoms with van der Waals surface area (Å²) in [5.74, 6) is -5.22. The van der Waals surface area contributed by atoms with Gasteiger partial charge in [-0.05, 0) is 42.8 Å². The number of carboxylic acids is 2. The summed E-state index contributed by atoms with van der Waals surface area (Å²) in [5, 5.41) is 19.8. The molecule has 3 aromatic rings. The molecular weight excluding hydrogens is 489 g/mol. The predicted octanol–water partition coefficient (Wildman–Crippen LogP) is 0.493. The van der Waals surface area contributed by atoms with Gasteiger partial charge in [0.2, 0.25) is 5.95 Å². The highest BCUT2D eigenvalue weighted by Crippen LogP contribution is 2.21. The minimum atomic E-state index is -4.29. The number of nitrogen functional groups attached to an aromatic ring is 1. The molecule has 0 saturated carbocycles. The molecular formula is C20H18FN5O8S. The summed E-state index contributed by atoms with van der Waals surface area (Å²) in [4.78, 5) is 52.0. The second-order valence-electron chi connectivity index (χ2n) is 7.23. The number of amides is 1. The molecule has 3 rings (SSSR count). The van der Waals surface area contributed by atoms with Crippen LogP contribution in [-0.2, 0) is 19.6 Å². The highest BCUT2D eigenvalue weighted by atomic mass is 32.2. The molecule has 13 nitrogen and oxygen atoms in total. The number of nitrogens with one attached hydrogen (secondary N) is 3. The van der Waals surface area contributed by atoms with Gasteiger partial charge in [0.1, 0.15) is 11.9 Å². The Labute approximate surface area is 195 Å². The van der Waals surface area contributed by atoms with Crippen LogP contribution in [0.2, 0.25) is 0 Å². The first-order valence-corrected chi connectivity index (χ1v) is 11.2.